The minimum atomic E-state index is 0.111. The molecule has 1 N–H and O–H groups in total. The SMILES string of the molecule is CNC1CCN(C(=O)CCC(=O)N2CCc3sccc3C2)CC1. The van der Waals surface area contributed by atoms with Crippen molar-refractivity contribution >= 4 is 23.2 Å². The molecule has 1 saturated heterocycles. The second-order valence-corrected chi connectivity index (χ2v) is 7.38. The lowest BCUT2D eigenvalue weighted by molar-refractivity contribution is -0.138. The van der Waals surface area contributed by atoms with Crippen LogP contribution in [0.4, 0.5) is 0 Å². The predicted octanol–water partition coefficient (Wildman–Crippen LogP) is 1.62. The molecule has 2 aliphatic rings. The van der Waals surface area contributed by atoms with E-state index in [4.69, 9.17) is 0 Å². The van der Waals surface area contributed by atoms with Gasteiger partial charge in [-0.05, 0) is 43.3 Å². The molecular formula is C17H25N3O2S. The fraction of sp³-hybridized carbons (Fsp3) is 0.647. The van der Waals surface area contributed by atoms with Gasteiger partial charge in [-0.15, -0.1) is 11.3 Å². The second kappa shape index (κ2) is 7.45. The summed E-state index contributed by atoms with van der Waals surface area (Å²) in [5, 5.41) is 5.36. The predicted molar refractivity (Wildman–Crippen MR) is 91.3 cm³/mol. The lowest BCUT2D eigenvalue weighted by atomic mass is 10.0. The number of thiophene rings is 1. The zero-order valence-electron chi connectivity index (χ0n) is 13.7. The highest BCUT2D eigenvalue weighted by Gasteiger charge is 2.24. The van der Waals surface area contributed by atoms with Gasteiger partial charge in [0.25, 0.3) is 0 Å². The van der Waals surface area contributed by atoms with Crippen molar-refractivity contribution in [2.45, 2.75) is 44.7 Å². The molecule has 3 heterocycles. The van der Waals surface area contributed by atoms with E-state index < -0.39 is 0 Å². The molecule has 2 amide bonds. The maximum Gasteiger partial charge on any atom is 0.223 e. The molecule has 5 nitrogen and oxygen atoms in total. The Labute approximate surface area is 141 Å². The summed E-state index contributed by atoms with van der Waals surface area (Å²) in [4.78, 5) is 29.8. The molecule has 1 aromatic heterocycles. The molecule has 0 bridgehead atoms. The van der Waals surface area contributed by atoms with Crippen molar-refractivity contribution in [3.05, 3.63) is 21.9 Å². The molecule has 2 aliphatic heterocycles. The maximum absolute atomic E-state index is 12.4. The summed E-state index contributed by atoms with van der Waals surface area (Å²) < 4.78 is 0. The first-order chi connectivity index (χ1) is 11.2. The van der Waals surface area contributed by atoms with Gasteiger partial charge in [-0.3, -0.25) is 9.59 Å². The summed E-state index contributed by atoms with van der Waals surface area (Å²) in [6.07, 6.45) is 3.64. The van der Waals surface area contributed by atoms with Crippen LogP contribution in [0, 0.1) is 0 Å². The Bertz CT molecular complexity index is 564. The lowest BCUT2D eigenvalue weighted by Crippen LogP contribution is -2.44. The molecule has 126 valence electrons. The zero-order chi connectivity index (χ0) is 16.2. The average Bonchev–Trinajstić information content (AvgIpc) is 3.07. The van der Waals surface area contributed by atoms with Gasteiger partial charge in [0.15, 0.2) is 0 Å². The summed E-state index contributed by atoms with van der Waals surface area (Å²) in [5.74, 6) is 0.237. The van der Waals surface area contributed by atoms with Crippen LogP contribution in [-0.4, -0.2) is 54.3 Å². The van der Waals surface area contributed by atoms with E-state index in [9.17, 15) is 9.59 Å². The van der Waals surface area contributed by atoms with E-state index in [0.29, 0.717) is 25.4 Å². The molecule has 0 spiro atoms. The topological polar surface area (TPSA) is 52.7 Å². The fourth-order valence-corrected chi connectivity index (χ4v) is 4.30. The first-order valence-corrected chi connectivity index (χ1v) is 9.33. The quantitative estimate of drug-likeness (QED) is 0.910. The van der Waals surface area contributed by atoms with Gasteiger partial charge in [0.2, 0.25) is 11.8 Å². The minimum Gasteiger partial charge on any atom is -0.343 e. The van der Waals surface area contributed by atoms with Gasteiger partial charge >= 0.3 is 0 Å². The van der Waals surface area contributed by atoms with Crippen LogP contribution >= 0.6 is 11.3 Å². The van der Waals surface area contributed by atoms with Gasteiger partial charge in [-0.25, -0.2) is 0 Å². The lowest BCUT2D eigenvalue weighted by Gasteiger charge is -2.32. The number of hydrogen-bond acceptors (Lipinski definition) is 4. The second-order valence-electron chi connectivity index (χ2n) is 6.38. The number of amides is 2. The molecule has 0 aliphatic carbocycles. The number of nitrogens with one attached hydrogen (secondary N) is 1. The molecule has 0 aromatic carbocycles. The number of carbonyl (C=O) groups is 2. The molecule has 6 heteroatoms. The molecular weight excluding hydrogens is 310 g/mol. The Kier molecular flexibility index (Phi) is 5.33. The third kappa shape index (κ3) is 3.93. The molecule has 23 heavy (non-hydrogen) atoms. The Morgan fingerprint density at radius 3 is 2.57 bits per heavy atom. The van der Waals surface area contributed by atoms with Gasteiger partial charge in [-0.1, -0.05) is 0 Å². The van der Waals surface area contributed by atoms with Crippen molar-refractivity contribution in [2.24, 2.45) is 0 Å². The third-order valence-corrected chi connectivity index (χ3v) is 5.99. The highest BCUT2D eigenvalue weighted by molar-refractivity contribution is 7.10. The number of fused-ring (bicyclic) bond motifs is 1. The number of nitrogens with zero attached hydrogens (tertiary/aromatic N) is 2. The van der Waals surface area contributed by atoms with Crippen LogP contribution in [0.3, 0.4) is 0 Å². The van der Waals surface area contributed by atoms with Crippen LogP contribution in [0.1, 0.15) is 36.1 Å². The van der Waals surface area contributed by atoms with Gasteiger partial charge in [-0.2, -0.15) is 0 Å². The number of rotatable bonds is 4. The highest BCUT2D eigenvalue weighted by atomic mass is 32.1. The van der Waals surface area contributed by atoms with Crippen LogP contribution in [0.5, 0.6) is 0 Å². The van der Waals surface area contributed by atoms with Crippen LogP contribution in [0.25, 0.3) is 0 Å². The van der Waals surface area contributed by atoms with E-state index in [1.54, 1.807) is 11.3 Å². The van der Waals surface area contributed by atoms with Crippen molar-refractivity contribution in [2.75, 3.05) is 26.7 Å². The molecule has 0 radical (unpaired) electrons. The summed E-state index contributed by atoms with van der Waals surface area (Å²) in [6.45, 7) is 3.11. The van der Waals surface area contributed by atoms with E-state index in [2.05, 4.69) is 16.8 Å². The maximum atomic E-state index is 12.4. The number of piperidine rings is 1. The van der Waals surface area contributed by atoms with E-state index in [1.165, 1.54) is 10.4 Å². The van der Waals surface area contributed by atoms with E-state index in [1.807, 2.05) is 16.8 Å². The molecule has 0 saturated carbocycles. The first kappa shape index (κ1) is 16.5. The highest BCUT2D eigenvalue weighted by Crippen LogP contribution is 2.24. The smallest absolute Gasteiger partial charge is 0.223 e. The number of hydrogen-bond donors (Lipinski definition) is 1. The van der Waals surface area contributed by atoms with Crippen molar-refractivity contribution in [3.8, 4) is 0 Å². The zero-order valence-corrected chi connectivity index (χ0v) is 14.5. The largest absolute Gasteiger partial charge is 0.343 e. The monoisotopic (exact) mass is 335 g/mol. The van der Waals surface area contributed by atoms with Crippen LogP contribution < -0.4 is 5.32 Å². The third-order valence-electron chi connectivity index (χ3n) is 4.97. The Morgan fingerprint density at radius 2 is 1.87 bits per heavy atom. The van der Waals surface area contributed by atoms with E-state index in [0.717, 1.165) is 38.9 Å². The number of carbonyl (C=O) groups excluding carboxylic acids is 2. The van der Waals surface area contributed by atoms with Crippen molar-refractivity contribution < 1.29 is 9.59 Å². The van der Waals surface area contributed by atoms with Crippen molar-refractivity contribution in [1.82, 2.24) is 15.1 Å². The Morgan fingerprint density at radius 1 is 1.17 bits per heavy atom. The van der Waals surface area contributed by atoms with E-state index >= 15 is 0 Å². The van der Waals surface area contributed by atoms with Crippen LogP contribution in [0.2, 0.25) is 0 Å². The Balaban J connectivity index is 1.43. The minimum absolute atomic E-state index is 0.111. The molecule has 0 unspecified atom stereocenters. The summed E-state index contributed by atoms with van der Waals surface area (Å²) in [7, 11) is 1.97. The van der Waals surface area contributed by atoms with Crippen molar-refractivity contribution in [1.29, 1.82) is 0 Å². The van der Waals surface area contributed by atoms with E-state index in [-0.39, 0.29) is 11.8 Å². The van der Waals surface area contributed by atoms with Crippen LogP contribution in [-0.2, 0) is 22.6 Å². The normalized spacial score (nSPS) is 18.8. The summed E-state index contributed by atoms with van der Waals surface area (Å²) >= 11 is 1.77. The molecule has 3 rings (SSSR count). The van der Waals surface area contributed by atoms with Crippen molar-refractivity contribution in [3.63, 3.8) is 0 Å². The fourth-order valence-electron chi connectivity index (χ4n) is 3.41. The first-order valence-electron chi connectivity index (χ1n) is 8.45. The average molecular weight is 335 g/mol. The van der Waals surface area contributed by atoms with Gasteiger partial charge in [0.05, 0.1) is 0 Å². The summed E-state index contributed by atoms with van der Waals surface area (Å²) in [6, 6.07) is 2.63. The standard InChI is InChI=1S/C17H25N3O2S/c1-18-14-4-8-19(9-5-14)16(21)2-3-17(22)20-10-6-15-13(12-20)7-11-23-15/h7,11,14,18H,2-6,8-10,12H2,1H3. The molecule has 0 atom stereocenters. The molecule has 1 fully saturated rings. The number of likely N-dealkylation sites (tertiary alicyclic amines) is 1. The summed E-state index contributed by atoms with van der Waals surface area (Å²) in [5.41, 5.74) is 1.27. The Hall–Kier alpha value is -1.40. The van der Waals surface area contributed by atoms with Gasteiger partial charge < -0.3 is 15.1 Å². The molecule has 1 aromatic rings. The van der Waals surface area contributed by atoms with Gasteiger partial charge in [0.1, 0.15) is 0 Å². The van der Waals surface area contributed by atoms with Crippen LogP contribution in [0.15, 0.2) is 11.4 Å². The van der Waals surface area contributed by atoms with Gasteiger partial charge in [0, 0.05) is 49.9 Å².